The Morgan fingerprint density at radius 2 is 1.61 bits per heavy atom. The van der Waals surface area contributed by atoms with E-state index in [1.165, 1.54) is 17.7 Å². The number of allylic oxidation sites excluding steroid dienone is 2. The fraction of sp³-hybridized carbons (Fsp3) is 0.474. The Kier molecular flexibility index (Phi) is 2.47. The van der Waals surface area contributed by atoms with Crippen molar-refractivity contribution in [2.75, 3.05) is 11.5 Å². The summed E-state index contributed by atoms with van der Waals surface area (Å²) in [5.41, 5.74) is 0.924. The zero-order valence-electron chi connectivity index (χ0n) is 13.1. The van der Waals surface area contributed by atoms with Gasteiger partial charge < -0.3 is 4.74 Å². The van der Waals surface area contributed by atoms with Crippen LogP contribution in [-0.4, -0.2) is 18.4 Å². The van der Waals surface area contributed by atoms with Crippen LogP contribution in [0.15, 0.2) is 36.4 Å². The predicted molar refractivity (Wildman–Crippen MR) is 84.9 cm³/mol. The number of benzene rings is 1. The van der Waals surface area contributed by atoms with Gasteiger partial charge in [0.05, 0.1) is 24.1 Å². The molecule has 0 radical (unpaired) electrons. The standard InChI is InChI=1S/C19H19NO3/c1-2-23-12-5-3-11(4-6-12)20-17(21)15-13-7-8-14(16(15)18(20)22)19(13)9-10-19/h3-8,13-16H,2,9-10H2,1H3/t13-,14+,15+,16-. The average Bonchev–Trinajstić information content (AvgIpc) is 3.15. The minimum Gasteiger partial charge on any atom is -0.494 e. The Hall–Kier alpha value is -2.10. The fourth-order valence-corrected chi connectivity index (χ4v) is 5.19. The molecule has 5 rings (SSSR count). The van der Waals surface area contributed by atoms with Crippen molar-refractivity contribution in [1.29, 1.82) is 0 Å². The molecule has 4 nitrogen and oxygen atoms in total. The molecule has 0 unspecified atom stereocenters. The molecule has 4 aliphatic rings. The maximum absolute atomic E-state index is 13.0. The zero-order valence-corrected chi connectivity index (χ0v) is 13.1. The van der Waals surface area contributed by atoms with Gasteiger partial charge in [-0.15, -0.1) is 0 Å². The van der Waals surface area contributed by atoms with Crippen LogP contribution >= 0.6 is 0 Å². The van der Waals surface area contributed by atoms with E-state index < -0.39 is 0 Å². The lowest BCUT2D eigenvalue weighted by molar-refractivity contribution is -0.123. The number of amides is 2. The molecule has 2 bridgehead atoms. The molecule has 0 aromatic heterocycles. The quantitative estimate of drug-likeness (QED) is 0.637. The van der Waals surface area contributed by atoms with Gasteiger partial charge in [0.1, 0.15) is 5.75 Å². The van der Waals surface area contributed by atoms with Crippen molar-refractivity contribution in [2.24, 2.45) is 29.1 Å². The van der Waals surface area contributed by atoms with E-state index in [0.29, 0.717) is 12.3 Å². The molecule has 1 aromatic carbocycles. The predicted octanol–water partition coefficient (Wildman–Crippen LogP) is 2.79. The van der Waals surface area contributed by atoms with E-state index in [1.807, 2.05) is 31.2 Å². The number of imide groups is 1. The molecule has 3 fully saturated rings. The Labute approximate surface area is 135 Å². The summed E-state index contributed by atoms with van der Waals surface area (Å²) in [4.78, 5) is 27.3. The van der Waals surface area contributed by atoms with Gasteiger partial charge in [-0.1, -0.05) is 12.2 Å². The highest BCUT2D eigenvalue weighted by Gasteiger charge is 2.73. The van der Waals surface area contributed by atoms with Crippen LogP contribution < -0.4 is 9.64 Å². The minimum absolute atomic E-state index is 0.00714. The summed E-state index contributed by atoms with van der Waals surface area (Å²) >= 11 is 0. The van der Waals surface area contributed by atoms with Gasteiger partial charge in [-0.2, -0.15) is 0 Å². The summed E-state index contributed by atoms with van der Waals surface area (Å²) in [5.74, 6) is 1.04. The summed E-state index contributed by atoms with van der Waals surface area (Å²) in [6.45, 7) is 2.53. The van der Waals surface area contributed by atoms with E-state index >= 15 is 0 Å². The first-order valence-electron chi connectivity index (χ1n) is 8.46. The normalized spacial score (nSPS) is 35.3. The summed E-state index contributed by atoms with van der Waals surface area (Å²) in [6.07, 6.45) is 6.75. The van der Waals surface area contributed by atoms with Gasteiger partial charge >= 0.3 is 0 Å². The van der Waals surface area contributed by atoms with Crippen LogP contribution in [0, 0.1) is 29.1 Å². The number of anilines is 1. The van der Waals surface area contributed by atoms with Gasteiger partial charge in [0.2, 0.25) is 11.8 Å². The van der Waals surface area contributed by atoms with Gasteiger partial charge in [-0.05, 0) is 61.3 Å². The van der Waals surface area contributed by atoms with E-state index in [1.54, 1.807) is 0 Å². The Morgan fingerprint density at radius 3 is 2.09 bits per heavy atom. The second-order valence-electron chi connectivity index (χ2n) is 7.16. The maximum atomic E-state index is 13.0. The average molecular weight is 309 g/mol. The largest absolute Gasteiger partial charge is 0.494 e. The SMILES string of the molecule is CCOc1ccc(N2C(=O)[C@@H]3[C@H](C2=O)[C@@H]2C=C[C@H]3C23CC3)cc1. The molecule has 2 saturated carbocycles. The molecule has 1 heterocycles. The highest BCUT2D eigenvalue weighted by molar-refractivity contribution is 6.23. The lowest BCUT2D eigenvalue weighted by Gasteiger charge is -2.21. The third-order valence-corrected chi connectivity index (χ3v) is 6.26. The second-order valence-corrected chi connectivity index (χ2v) is 7.16. The molecule has 1 spiro atoms. The smallest absolute Gasteiger partial charge is 0.238 e. The summed E-state index contributed by atoms with van der Waals surface area (Å²) < 4.78 is 5.43. The van der Waals surface area contributed by atoms with Crippen LogP contribution in [0.3, 0.4) is 0 Å². The summed E-state index contributed by atoms with van der Waals surface area (Å²) in [6, 6.07) is 7.26. The highest BCUT2D eigenvalue weighted by atomic mass is 16.5. The van der Waals surface area contributed by atoms with Gasteiger partial charge in [-0.3, -0.25) is 14.5 Å². The van der Waals surface area contributed by atoms with Crippen molar-refractivity contribution < 1.29 is 14.3 Å². The molecule has 3 aliphatic carbocycles. The van der Waals surface area contributed by atoms with Crippen molar-refractivity contribution in [3.8, 4) is 5.75 Å². The molecule has 118 valence electrons. The number of ether oxygens (including phenoxy) is 1. The first kappa shape index (κ1) is 13.3. The van der Waals surface area contributed by atoms with Crippen LogP contribution in [0.4, 0.5) is 5.69 Å². The van der Waals surface area contributed by atoms with E-state index in [2.05, 4.69) is 12.2 Å². The van der Waals surface area contributed by atoms with Gasteiger partial charge in [-0.25, -0.2) is 0 Å². The molecule has 4 atom stereocenters. The first-order chi connectivity index (χ1) is 11.2. The number of rotatable bonds is 3. The van der Waals surface area contributed by atoms with E-state index in [4.69, 9.17) is 4.74 Å². The van der Waals surface area contributed by atoms with Gasteiger partial charge in [0.15, 0.2) is 0 Å². The van der Waals surface area contributed by atoms with Gasteiger partial charge in [0.25, 0.3) is 0 Å². The number of hydrogen-bond acceptors (Lipinski definition) is 3. The fourth-order valence-electron chi connectivity index (χ4n) is 5.19. The number of fused-ring (bicyclic) bond motifs is 3. The number of nitrogens with zero attached hydrogens (tertiary/aromatic N) is 1. The lowest BCUT2D eigenvalue weighted by atomic mass is 9.85. The van der Waals surface area contributed by atoms with E-state index in [0.717, 1.165) is 5.75 Å². The van der Waals surface area contributed by atoms with E-state index in [9.17, 15) is 9.59 Å². The Morgan fingerprint density at radius 1 is 1.04 bits per heavy atom. The Bertz CT molecular complexity index is 697. The van der Waals surface area contributed by atoms with Crippen LogP contribution in [-0.2, 0) is 9.59 Å². The molecule has 23 heavy (non-hydrogen) atoms. The number of carbonyl (C=O) groups is 2. The van der Waals surface area contributed by atoms with Crippen LogP contribution in [0.2, 0.25) is 0 Å². The van der Waals surface area contributed by atoms with Crippen LogP contribution in [0.5, 0.6) is 5.75 Å². The molecular weight excluding hydrogens is 290 g/mol. The minimum atomic E-state index is -0.133. The van der Waals surface area contributed by atoms with E-state index in [-0.39, 0.29) is 40.9 Å². The first-order valence-corrected chi connectivity index (χ1v) is 8.46. The topological polar surface area (TPSA) is 46.6 Å². The monoisotopic (exact) mass is 309 g/mol. The van der Waals surface area contributed by atoms with Crippen LogP contribution in [0.25, 0.3) is 0 Å². The molecule has 1 aliphatic heterocycles. The van der Waals surface area contributed by atoms with Crippen molar-refractivity contribution in [3.05, 3.63) is 36.4 Å². The summed E-state index contributed by atoms with van der Waals surface area (Å²) in [5, 5.41) is 0. The third-order valence-electron chi connectivity index (χ3n) is 6.26. The molecule has 1 saturated heterocycles. The Balaban J connectivity index is 1.48. The molecule has 1 aromatic rings. The highest BCUT2D eigenvalue weighted by Crippen LogP contribution is 2.73. The summed E-state index contributed by atoms with van der Waals surface area (Å²) in [7, 11) is 0. The molecule has 0 N–H and O–H groups in total. The molecule has 2 amide bonds. The second kappa shape index (κ2) is 4.25. The lowest BCUT2D eigenvalue weighted by Crippen LogP contribution is -2.34. The number of hydrogen-bond donors (Lipinski definition) is 0. The van der Waals surface area contributed by atoms with Crippen LogP contribution in [0.1, 0.15) is 19.8 Å². The van der Waals surface area contributed by atoms with Crippen molar-refractivity contribution in [2.45, 2.75) is 19.8 Å². The zero-order chi connectivity index (χ0) is 15.8. The van der Waals surface area contributed by atoms with Crippen molar-refractivity contribution in [1.82, 2.24) is 0 Å². The van der Waals surface area contributed by atoms with Gasteiger partial charge in [0, 0.05) is 0 Å². The maximum Gasteiger partial charge on any atom is 0.238 e. The number of carbonyl (C=O) groups excluding carboxylic acids is 2. The van der Waals surface area contributed by atoms with Crippen molar-refractivity contribution in [3.63, 3.8) is 0 Å². The van der Waals surface area contributed by atoms with Crippen molar-refractivity contribution >= 4 is 17.5 Å². The molecular formula is C19H19NO3. The molecule has 4 heteroatoms. The third kappa shape index (κ3) is 1.51.